The van der Waals surface area contributed by atoms with Gasteiger partial charge in [-0.3, -0.25) is 9.78 Å². The predicted octanol–water partition coefficient (Wildman–Crippen LogP) is 4.03. The van der Waals surface area contributed by atoms with Crippen molar-refractivity contribution in [2.45, 2.75) is 6.92 Å². The maximum absolute atomic E-state index is 12.2. The molecule has 7 heteroatoms. The summed E-state index contributed by atoms with van der Waals surface area (Å²) in [4.78, 5) is 16.2. The first-order valence-corrected chi connectivity index (χ1v) is 7.22. The van der Waals surface area contributed by atoms with Crippen LogP contribution in [0.3, 0.4) is 0 Å². The molecule has 3 aromatic rings. The number of benzene rings is 1. The molecule has 1 aromatic carbocycles. The summed E-state index contributed by atoms with van der Waals surface area (Å²) in [6.07, 6.45) is 1.54. The first-order chi connectivity index (χ1) is 11.1. The number of carbonyl (C=O) groups excluding carboxylic acids is 1. The highest BCUT2D eigenvalue weighted by Gasteiger charge is 2.11. The topological polar surface area (TPSA) is 80.0 Å². The third-order valence-electron chi connectivity index (χ3n) is 3.02. The number of pyridine rings is 1. The normalized spacial score (nSPS) is 10.3. The van der Waals surface area contributed by atoms with Crippen LogP contribution in [-0.2, 0) is 0 Å². The molecule has 0 unspecified atom stereocenters. The summed E-state index contributed by atoms with van der Waals surface area (Å²) >= 11 is 6.11. The molecule has 3 rings (SSSR count). The van der Waals surface area contributed by atoms with Crippen LogP contribution in [0.2, 0.25) is 5.02 Å². The molecule has 0 aliphatic heterocycles. The average Bonchev–Trinajstić information content (AvgIpc) is 2.95. The summed E-state index contributed by atoms with van der Waals surface area (Å²) in [5.74, 6) is 0.585. The second kappa shape index (κ2) is 6.50. The van der Waals surface area contributed by atoms with Crippen molar-refractivity contribution in [3.8, 4) is 0 Å². The Labute approximate surface area is 137 Å². The fourth-order valence-electron chi connectivity index (χ4n) is 1.96. The largest absolute Gasteiger partial charge is 0.360 e. The van der Waals surface area contributed by atoms with Gasteiger partial charge in [-0.05, 0) is 31.2 Å². The number of nitrogens with one attached hydrogen (secondary N) is 2. The highest BCUT2D eigenvalue weighted by molar-refractivity contribution is 6.33. The standard InChI is InChI=1S/C16H13ClN4O2/c1-10-8-15(21-23-10)20-16(22)14-9-11(6-7-18-14)19-13-5-3-2-4-12(13)17/h2-9H,1H3,(H,18,19)(H,20,21,22). The quantitative estimate of drug-likeness (QED) is 0.756. The Morgan fingerprint density at radius 3 is 2.78 bits per heavy atom. The molecule has 6 nitrogen and oxygen atoms in total. The van der Waals surface area contributed by atoms with Crippen molar-refractivity contribution in [1.82, 2.24) is 10.1 Å². The summed E-state index contributed by atoms with van der Waals surface area (Å²) in [6.45, 7) is 1.75. The molecule has 2 aromatic heterocycles. The van der Waals surface area contributed by atoms with Gasteiger partial charge in [-0.1, -0.05) is 28.9 Å². The highest BCUT2D eigenvalue weighted by atomic mass is 35.5. The van der Waals surface area contributed by atoms with E-state index in [9.17, 15) is 4.79 Å². The number of hydrogen-bond acceptors (Lipinski definition) is 5. The Morgan fingerprint density at radius 2 is 2.04 bits per heavy atom. The lowest BCUT2D eigenvalue weighted by Gasteiger charge is -2.09. The van der Waals surface area contributed by atoms with E-state index >= 15 is 0 Å². The fraction of sp³-hybridized carbons (Fsp3) is 0.0625. The van der Waals surface area contributed by atoms with E-state index in [1.54, 1.807) is 37.4 Å². The number of hydrogen-bond donors (Lipinski definition) is 2. The van der Waals surface area contributed by atoms with Crippen LogP contribution < -0.4 is 10.6 Å². The van der Waals surface area contributed by atoms with Gasteiger partial charge in [0.05, 0.1) is 10.7 Å². The number of rotatable bonds is 4. The van der Waals surface area contributed by atoms with E-state index in [0.29, 0.717) is 22.3 Å². The van der Waals surface area contributed by atoms with Crippen LogP contribution in [0.5, 0.6) is 0 Å². The lowest BCUT2D eigenvalue weighted by molar-refractivity contribution is 0.102. The van der Waals surface area contributed by atoms with Crippen molar-refractivity contribution in [1.29, 1.82) is 0 Å². The predicted molar refractivity (Wildman–Crippen MR) is 88.2 cm³/mol. The minimum absolute atomic E-state index is 0.253. The lowest BCUT2D eigenvalue weighted by Crippen LogP contribution is -2.14. The average molecular weight is 329 g/mol. The number of para-hydroxylation sites is 1. The van der Waals surface area contributed by atoms with E-state index < -0.39 is 0 Å². The second-order valence-corrected chi connectivity index (χ2v) is 5.22. The molecule has 116 valence electrons. The number of carbonyl (C=O) groups is 1. The van der Waals surface area contributed by atoms with Crippen molar-refractivity contribution in [2.75, 3.05) is 10.6 Å². The van der Waals surface area contributed by atoms with Gasteiger partial charge in [0.25, 0.3) is 5.91 Å². The first kappa shape index (κ1) is 15.1. The van der Waals surface area contributed by atoms with E-state index in [4.69, 9.17) is 16.1 Å². The van der Waals surface area contributed by atoms with Crippen molar-refractivity contribution in [3.05, 3.63) is 65.1 Å². The molecule has 0 aliphatic carbocycles. The number of amides is 1. The zero-order valence-electron chi connectivity index (χ0n) is 12.2. The van der Waals surface area contributed by atoms with Crippen LogP contribution in [0.25, 0.3) is 0 Å². The highest BCUT2D eigenvalue weighted by Crippen LogP contribution is 2.24. The zero-order chi connectivity index (χ0) is 16.2. The number of aryl methyl sites for hydroxylation is 1. The van der Waals surface area contributed by atoms with E-state index in [1.807, 2.05) is 18.2 Å². The minimum Gasteiger partial charge on any atom is -0.360 e. The summed E-state index contributed by atoms with van der Waals surface area (Å²) in [7, 11) is 0. The molecule has 0 bridgehead atoms. The second-order valence-electron chi connectivity index (χ2n) is 4.81. The Hall–Kier alpha value is -2.86. The Morgan fingerprint density at radius 1 is 1.22 bits per heavy atom. The van der Waals surface area contributed by atoms with Crippen LogP contribution in [-0.4, -0.2) is 16.0 Å². The van der Waals surface area contributed by atoms with Crippen LogP contribution in [0.4, 0.5) is 17.2 Å². The van der Waals surface area contributed by atoms with Crippen LogP contribution in [0.1, 0.15) is 16.2 Å². The van der Waals surface area contributed by atoms with Gasteiger partial charge in [0.1, 0.15) is 11.5 Å². The van der Waals surface area contributed by atoms with Gasteiger partial charge in [0.2, 0.25) is 0 Å². The lowest BCUT2D eigenvalue weighted by atomic mass is 10.2. The van der Waals surface area contributed by atoms with Gasteiger partial charge in [0.15, 0.2) is 5.82 Å². The molecule has 0 saturated carbocycles. The monoisotopic (exact) mass is 328 g/mol. The first-order valence-electron chi connectivity index (χ1n) is 6.84. The van der Waals surface area contributed by atoms with Crippen LogP contribution in [0, 0.1) is 6.92 Å². The van der Waals surface area contributed by atoms with Crippen LogP contribution in [0.15, 0.2) is 53.2 Å². The molecule has 1 amide bonds. The summed E-state index contributed by atoms with van der Waals surface area (Å²) in [5, 5.41) is 10.1. The Bertz CT molecular complexity index is 847. The molecule has 0 aliphatic rings. The van der Waals surface area contributed by atoms with Gasteiger partial charge in [-0.15, -0.1) is 0 Å². The van der Waals surface area contributed by atoms with E-state index in [2.05, 4.69) is 20.8 Å². The number of nitrogens with zero attached hydrogens (tertiary/aromatic N) is 2. The third kappa shape index (κ3) is 3.67. The Kier molecular flexibility index (Phi) is 4.25. The number of halogens is 1. The minimum atomic E-state index is -0.374. The number of aromatic nitrogens is 2. The summed E-state index contributed by atoms with van der Waals surface area (Å²) < 4.78 is 4.91. The van der Waals surface area contributed by atoms with Gasteiger partial charge >= 0.3 is 0 Å². The molecule has 0 radical (unpaired) electrons. The fourth-order valence-corrected chi connectivity index (χ4v) is 2.14. The molecule has 2 heterocycles. The molecule has 0 spiro atoms. The number of anilines is 3. The third-order valence-corrected chi connectivity index (χ3v) is 3.34. The molecule has 0 atom stereocenters. The van der Waals surface area contributed by atoms with Crippen molar-refractivity contribution in [2.24, 2.45) is 0 Å². The maximum Gasteiger partial charge on any atom is 0.275 e. The van der Waals surface area contributed by atoms with E-state index in [0.717, 1.165) is 5.69 Å². The molecule has 23 heavy (non-hydrogen) atoms. The molecular formula is C16H13ClN4O2. The Balaban J connectivity index is 1.77. The van der Waals surface area contributed by atoms with Gasteiger partial charge in [-0.2, -0.15) is 0 Å². The smallest absolute Gasteiger partial charge is 0.275 e. The van der Waals surface area contributed by atoms with Crippen molar-refractivity contribution in [3.63, 3.8) is 0 Å². The summed E-state index contributed by atoms with van der Waals surface area (Å²) in [5.41, 5.74) is 1.70. The van der Waals surface area contributed by atoms with Crippen molar-refractivity contribution < 1.29 is 9.32 Å². The van der Waals surface area contributed by atoms with Gasteiger partial charge < -0.3 is 15.2 Å². The molecule has 0 saturated heterocycles. The van der Waals surface area contributed by atoms with Crippen LogP contribution >= 0.6 is 11.6 Å². The zero-order valence-corrected chi connectivity index (χ0v) is 13.0. The maximum atomic E-state index is 12.2. The summed E-state index contributed by atoms with van der Waals surface area (Å²) in [6, 6.07) is 12.4. The van der Waals surface area contributed by atoms with Gasteiger partial charge in [-0.25, -0.2) is 0 Å². The van der Waals surface area contributed by atoms with Gasteiger partial charge in [0, 0.05) is 18.0 Å². The molecular weight excluding hydrogens is 316 g/mol. The molecule has 2 N–H and O–H groups in total. The van der Waals surface area contributed by atoms with Crippen molar-refractivity contribution >= 4 is 34.7 Å². The van der Waals surface area contributed by atoms with E-state index in [-0.39, 0.29) is 11.6 Å². The van der Waals surface area contributed by atoms with E-state index in [1.165, 1.54) is 0 Å². The molecule has 0 fully saturated rings. The SMILES string of the molecule is Cc1cc(NC(=O)c2cc(Nc3ccccc3Cl)ccn2)no1.